The number of halogens is 1. The Morgan fingerprint density at radius 1 is 1.23 bits per heavy atom. The van der Waals surface area contributed by atoms with Crippen molar-refractivity contribution in [3.63, 3.8) is 0 Å². The molecule has 0 spiro atoms. The first kappa shape index (κ1) is 22.1. The molecule has 1 aromatic rings. The zero-order chi connectivity index (χ0) is 21.5. The molecule has 0 aromatic heterocycles. The van der Waals surface area contributed by atoms with E-state index in [4.69, 9.17) is 14.5 Å². The molecule has 0 amide bonds. The minimum Gasteiger partial charge on any atom is -0.477 e. The number of alkyl halides is 1. The van der Waals surface area contributed by atoms with Crippen LogP contribution < -0.4 is 0 Å². The minimum absolute atomic E-state index is 0.0543. The van der Waals surface area contributed by atoms with Crippen LogP contribution in [-0.2, 0) is 19.7 Å². The van der Waals surface area contributed by atoms with Gasteiger partial charge in [-0.3, -0.25) is 0 Å². The molecule has 4 nitrogen and oxygen atoms in total. The van der Waals surface area contributed by atoms with Crippen molar-refractivity contribution in [3.05, 3.63) is 35.9 Å². The van der Waals surface area contributed by atoms with E-state index in [0.29, 0.717) is 28.1 Å². The average Bonchev–Trinajstić information content (AvgIpc) is 2.71. The summed E-state index contributed by atoms with van der Waals surface area (Å²) in [6, 6.07) is 10.7. The first-order valence-electron chi connectivity index (χ1n) is 11.3. The summed E-state index contributed by atoms with van der Waals surface area (Å²) in [6.07, 6.45) is 5.53. The summed E-state index contributed by atoms with van der Waals surface area (Å²) in [5, 5.41) is 0. The number of hydrogen-bond acceptors (Lipinski definition) is 4. The number of ether oxygens (including phenoxy) is 2. The van der Waals surface area contributed by atoms with Gasteiger partial charge in [-0.25, -0.2) is 9.79 Å². The third kappa shape index (κ3) is 4.15. The van der Waals surface area contributed by atoms with Crippen LogP contribution >= 0.6 is 22.6 Å². The Hall–Kier alpha value is -1.11. The molecule has 0 N–H and O–H groups in total. The summed E-state index contributed by atoms with van der Waals surface area (Å²) in [6.45, 7) is 8.75. The van der Waals surface area contributed by atoms with E-state index in [1.54, 1.807) is 0 Å². The fourth-order valence-corrected chi connectivity index (χ4v) is 6.45. The minimum atomic E-state index is -0.753. The highest BCUT2D eigenvalue weighted by atomic mass is 127. The lowest BCUT2D eigenvalue weighted by atomic mass is 9.64. The summed E-state index contributed by atoms with van der Waals surface area (Å²) in [4.78, 5) is 18.3. The molecule has 0 unspecified atom stereocenters. The van der Waals surface area contributed by atoms with Gasteiger partial charge in [0.05, 0.1) is 0 Å². The maximum atomic E-state index is 13.6. The number of fused-ring (bicyclic) bond motifs is 2. The smallest absolute Gasteiger partial charge is 0.334 e. The molecule has 2 aliphatic carbocycles. The molecule has 5 heteroatoms. The Bertz CT molecular complexity index is 808. The lowest BCUT2D eigenvalue weighted by Crippen LogP contribution is -2.54. The van der Waals surface area contributed by atoms with E-state index in [1.165, 1.54) is 12.0 Å². The molecule has 0 radical (unpaired) electrons. The maximum absolute atomic E-state index is 13.6. The maximum Gasteiger partial charge on any atom is 0.334 e. The molecule has 0 saturated heterocycles. The number of benzene rings is 1. The summed E-state index contributed by atoms with van der Waals surface area (Å²) in [7, 11) is 0. The Balaban J connectivity index is 1.58. The second kappa shape index (κ2) is 8.44. The van der Waals surface area contributed by atoms with Crippen molar-refractivity contribution in [1.82, 2.24) is 0 Å². The van der Waals surface area contributed by atoms with E-state index in [2.05, 4.69) is 73.7 Å². The number of rotatable bonds is 4. The van der Waals surface area contributed by atoms with Crippen molar-refractivity contribution < 1.29 is 14.3 Å². The predicted molar refractivity (Wildman–Crippen MR) is 128 cm³/mol. The van der Waals surface area contributed by atoms with E-state index in [0.717, 1.165) is 25.7 Å². The zero-order valence-corrected chi connectivity index (χ0v) is 20.7. The van der Waals surface area contributed by atoms with Crippen LogP contribution in [0.1, 0.15) is 71.8 Å². The topological polar surface area (TPSA) is 47.9 Å². The van der Waals surface area contributed by atoms with Crippen molar-refractivity contribution in [1.29, 1.82) is 0 Å². The molecule has 4 rings (SSSR count). The molecule has 164 valence electrons. The molecular formula is C25H34INO3. The van der Waals surface area contributed by atoms with E-state index in [9.17, 15) is 4.79 Å². The Kier molecular flexibility index (Phi) is 6.21. The number of esters is 1. The molecule has 1 aliphatic heterocycles. The van der Waals surface area contributed by atoms with Crippen molar-refractivity contribution in [2.75, 3.05) is 0 Å². The lowest BCUT2D eigenvalue weighted by molar-refractivity contribution is -0.166. The van der Waals surface area contributed by atoms with E-state index >= 15 is 0 Å². The third-order valence-corrected chi connectivity index (χ3v) is 9.03. The molecular weight excluding hydrogens is 489 g/mol. The quantitative estimate of drug-likeness (QED) is 0.283. The van der Waals surface area contributed by atoms with Crippen LogP contribution in [0, 0.1) is 11.8 Å². The molecule has 2 bridgehead atoms. The Morgan fingerprint density at radius 2 is 1.97 bits per heavy atom. The van der Waals surface area contributed by atoms with Gasteiger partial charge in [0.2, 0.25) is 0 Å². The van der Waals surface area contributed by atoms with Gasteiger partial charge >= 0.3 is 5.97 Å². The van der Waals surface area contributed by atoms with Gasteiger partial charge in [0.25, 0.3) is 0 Å². The summed E-state index contributed by atoms with van der Waals surface area (Å²) < 4.78 is 12.7. The fourth-order valence-electron chi connectivity index (χ4n) is 5.73. The standard InChI is InChI=1S/C25H34INO3/c1-16-10-11-19(24(3,4)18-8-6-5-7-9-18)21(14-16)30-23(28)25-13-12-20(26)22(15-25)29-17(2)27-25/h5-9,16,19-22H,10-15H2,1-4H3/t16-,19-,20+,21-,22+,25+/m1/s1. The zero-order valence-electron chi connectivity index (χ0n) is 18.6. The normalized spacial score (nSPS) is 36.4. The first-order chi connectivity index (χ1) is 14.2. The molecule has 1 heterocycles. The average molecular weight is 523 g/mol. The number of nitrogens with zero attached hydrogens (tertiary/aromatic N) is 1. The highest BCUT2D eigenvalue weighted by Gasteiger charge is 2.52. The summed E-state index contributed by atoms with van der Waals surface area (Å²) in [5.41, 5.74) is 0.507. The second-order valence-electron chi connectivity index (χ2n) is 10.1. The molecule has 30 heavy (non-hydrogen) atoms. The molecule has 2 fully saturated rings. The van der Waals surface area contributed by atoms with Crippen molar-refractivity contribution >= 4 is 34.5 Å². The van der Waals surface area contributed by atoms with Gasteiger partial charge in [-0.2, -0.15) is 0 Å². The SMILES string of the molecule is CC1=N[C@@]2(C(=O)O[C@@H]3C[C@H](C)CC[C@H]3C(C)(C)c3ccccc3)CC[C@H](I)[C@H](C2)O1. The number of hydrogen-bond donors (Lipinski definition) is 0. The van der Waals surface area contributed by atoms with E-state index < -0.39 is 5.54 Å². The monoisotopic (exact) mass is 523 g/mol. The van der Waals surface area contributed by atoms with Crippen LogP contribution in [0.15, 0.2) is 35.3 Å². The van der Waals surface area contributed by atoms with E-state index in [1.807, 2.05) is 6.92 Å². The van der Waals surface area contributed by atoms with Gasteiger partial charge in [-0.05, 0) is 42.6 Å². The Morgan fingerprint density at radius 3 is 2.70 bits per heavy atom. The Labute approximate surface area is 194 Å². The summed E-state index contributed by atoms with van der Waals surface area (Å²) >= 11 is 2.45. The van der Waals surface area contributed by atoms with Crippen LogP contribution in [0.25, 0.3) is 0 Å². The van der Waals surface area contributed by atoms with Gasteiger partial charge in [0, 0.05) is 23.2 Å². The van der Waals surface area contributed by atoms with Crippen molar-refractivity contribution in [2.45, 2.75) is 93.3 Å². The van der Waals surface area contributed by atoms with E-state index in [-0.39, 0.29) is 23.6 Å². The van der Waals surface area contributed by atoms with Gasteiger partial charge in [-0.1, -0.05) is 80.1 Å². The second-order valence-corrected chi connectivity index (χ2v) is 11.7. The molecule has 3 aliphatic rings. The fraction of sp³-hybridized carbons (Fsp3) is 0.680. The summed E-state index contributed by atoms with van der Waals surface area (Å²) in [5.74, 6) is 1.37. The largest absolute Gasteiger partial charge is 0.477 e. The van der Waals surface area contributed by atoms with Gasteiger partial charge in [-0.15, -0.1) is 0 Å². The van der Waals surface area contributed by atoms with Gasteiger partial charge in [0.15, 0.2) is 11.4 Å². The lowest BCUT2D eigenvalue weighted by Gasteiger charge is -2.46. The predicted octanol–water partition coefficient (Wildman–Crippen LogP) is 5.86. The van der Waals surface area contributed by atoms with Crippen LogP contribution in [0.5, 0.6) is 0 Å². The van der Waals surface area contributed by atoms with Crippen LogP contribution in [-0.4, -0.2) is 33.5 Å². The molecule has 2 saturated carbocycles. The first-order valence-corrected chi connectivity index (χ1v) is 12.6. The molecule has 1 aromatic carbocycles. The van der Waals surface area contributed by atoms with Crippen molar-refractivity contribution in [2.24, 2.45) is 16.8 Å². The highest BCUT2D eigenvalue weighted by Crippen LogP contribution is 2.46. The highest BCUT2D eigenvalue weighted by molar-refractivity contribution is 14.1. The van der Waals surface area contributed by atoms with Crippen LogP contribution in [0.2, 0.25) is 0 Å². The molecule has 6 atom stereocenters. The van der Waals surface area contributed by atoms with Crippen LogP contribution in [0.3, 0.4) is 0 Å². The number of carbonyl (C=O) groups is 1. The van der Waals surface area contributed by atoms with Gasteiger partial charge < -0.3 is 9.47 Å². The third-order valence-electron chi connectivity index (χ3n) is 7.61. The van der Waals surface area contributed by atoms with Crippen molar-refractivity contribution in [3.8, 4) is 0 Å². The van der Waals surface area contributed by atoms with Gasteiger partial charge in [0.1, 0.15) is 12.2 Å². The number of carbonyl (C=O) groups excluding carboxylic acids is 1. The van der Waals surface area contributed by atoms with Crippen LogP contribution in [0.4, 0.5) is 0 Å². The number of aliphatic imine (C=N–C) groups is 1.